The molecule has 0 radical (unpaired) electrons. The van der Waals surface area contributed by atoms with Crippen LogP contribution in [0.4, 0.5) is 0 Å². The Balaban J connectivity index is 1.88. The Kier molecular flexibility index (Phi) is 4.69. The Morgan fingerprint density at radius 2 is 2.08 bits per heavy atom. The summed E-state index contributed by atoms with van der Waals surface area (Å²) >= 11 is 0. The fraction of sp³-hybridized carbons (Fsp3) is 0.650. The molecule has 5 heteroatoms. The number of carbonyl (C=O) groups excluding carboxylic acids is 1. The zero-order valence-corrected chi connectivity index (χ0v) is 15.2. The highest BCUT2D eigenvalue weighted by Gasteiger charge is 2.57. The molecule has 0 aromatic carbocycles. The summed E-state index contributed by atoms with van der Waals surface area (Å²) in [5, 5.41) is 20.2. The highest BCUT2D eigenvalue weighted by Crippen LogP contribution is 2.49. The summed E-state index contributed by atoms with van der Waals surface area (Å²) in [5.41, 5.74) is 0.255. The van der Waals surface area contributed by atoms with Crippen LogP contribution in [0.15, 0.2) is 36.0 Å². The van der Waals surface area contributed by atoms with Gasteiger partial charge in [-0.1, -0.05) is 30.4 Å². The van der Waals surface area contributed by atoms with Crippen LogP contribution in [-0.2, 0) is 14.3 Å². The second-order valence-electron chi connectivity index (χ2n) is 8.27. The Morgan fingerprint density at radius 3 is 2.76 bits per heavy atom. The maximum absolute atomic E-state index is 12.3. The zero-order valence-electron chi connectivity index (χ0n) is 15.2. The molecular formula is C20H28O5. The molecule has 0 aromatic rings. The molecular weight excluding hydrogens is 320 g/mol. The van der Waals surface area contributed by atoms with Gasteiger partial charge in [-0.25, -0.2) is 4.79 Å². The van der Waals surface area contributed by atoms with Crippen LogP contribution in [0.5, 0.6) is 0 Å². The minimum atomic E-state index is -0.941. The van der Waals surface area contributed by atoms with Crippen molar-refractivity contribution < 1.29 is 24.5 Å². The van der Waals surface area contributed by atoms with E-state index in [0.29, 0.717) is 18.6 Å². The van der Waals surface area contributed by atoms with Crippen LogP contribution in [0, 0.1) is 11.8 Å². The molecule has 5 atom stereocenters. The third kappa shape index (κ3) is 3.89. The summed E-state index contributed by atoms with van der Waals surface area (Å²) in [4.78, 5) is 12.3. The smallest absolute Gasteiger partial charge is 0.334 e. The Morgan fingerprint density at radius 1 is 1.36 bits per heavy atom. The number of hydrogen-bond acceptors (Lipinski definition) is 5. The molecule has 2 N–H and O–H groups in total. The molecule has 1 saturated carbocycles. The Bertz CT molecular complexity index is 626. The van der Waals surface area contributed by atoms with Crippen molar-refractivity contribution in [3.63, 3.8) is 0 Å². The summed E-state index contributed by atoms with van der Waals surface area (Å²) < 4.78 is 11.1. The van der Waals surface area contributed by atoms with Gasteiger partial charge < -0.3 is 19.7 Å². The average Bonchev–Trinajstić information content (AvgIpc) is 3.17. The first-order valence-corrected chi connectivity index (χ1v) is 8.93. The Labute approximate surface area is 149 Å². The maximum Gasteiger partial charge on any atom is 0.334 e. The first-order valence-electron chi connectivity index (χ1n) is 8.93. The van der Waals surface area contributed by atoms with E-state index in [1.54, 1.807) is 32.1 Å². The largest absolute Gasteiger partial charge is 0.462 e. The molecule has 1 aliphatic carbocycles. The van der Waals surface area contributed by atoms with E-state index in [2.05, 4.69) is 6.58 Å². The third-order valence-electron chi connectivity index (χ3n) is 5.53. The lowest BCUT2D eigenvalue weighted by Gasteiger charge is -2.34. The van der Waals surface area contributed by atoms with Crippen LogP contribution in [0.2, 0.25) is 0 Å². The lowest BCUT2D eigenvalue weighted by Crippen LogP contribution is -2.35. The first-order chi connectivity index (χ1) is 11.6. The van der Waals surface area contributed by atoms with Gasteiger partial charge in [-0.05, 0) is 40.0 Å². The number of ether oxygens (including phenoxy) is 2. The van der Waals surface area contributed by atoms with Crippen LogP contribution >= 0.6 is 0 Å². The van der Waals surface area contributed by atoms with E-state index in [0.717, 1.165) is 18.4 Å². The van der Waals surface area contributed by atoms with Gasteiger partial charge in [0.25, 0.3) is 0 Å². The summed E-state index contributed by atoms with van der Waals surface area (Å²) in [5.74, 6) is -0.310. The van der Waals surface area contributed by atoms with Crippen LogP contribution in [0.25, 0.3) is 0 Å². The molecule has 0 bridgehead atoms. The number of epoxide rings is 1. The number of aliphatic hydroxyl groups is 2. The standard InChI is InChI=1S/C20H28O5/c1-12-10-16(21)17-20(4,25-17)9-7-13-14(6-5-8-19(2,3)23)18(22)24-11-15(12)13/h5-6,8,13,15-17,21,23H,1,7,9-11H2,2-4H3/b8-5+,14-6-. The van der Waals surface area contributed by atoms with Crippen molar-refractivity contribution in [3.8, 4) is 0 Å². The van der Waals surface area contributed by atoms with Gasteiger partial charge >= 0.3 is 5.97 Å². The molecule has 3 rings (SSSR count). The van der Waals surface area contributed by atoms with E-state index >= 15 is 0 Å². The third-order valence-corrected chi connectivity index (χ3v) is 5.53. The fourth-order valence-corrected chi connectivity index (χ4v) is 3.98. The van der Waals surface area contributed by atoms with E-state index in [-0.39, 0.29) is 29.5 Å². The lowest BCUT2D eigenvalue weighted by molar-refractivity contribution is -0.144. The van der Waals surface area contributed by atoms with Gasteiger partial charge in [0.2, 0.25) is 0 Å². The predicted octanol–water partition coefficient (Wildman–Crippen LogP) is 2.29. The van der Waals surface area contributed by atoms with E-state index in [4.69, 9.17) is 9.47 Å². The first kappa shape index (κ1) is 18.4. The van der Waals surface area contributed by atoms with Gasteiger partial charge in [0.05, 0.1) is 23.9 Å². The number of rotatable bonds is 2. The zero-order chi connectivity index (χ0) is 18.4. The van der Waals surface area contributed by atoms with Crippen molar-refractivity contribution in [2.24, 2.45) is 11.8 Å². The molecule has 138 valence electrons. The number of cyclic esters (lactones) is 1. The number of fused-ring (bicyclic) bond motifs is 2. The van der Waals surface area contributed by atoms with Gasteiger partial charge in [-0.15, -0.1) is 0 Å². The summed E-state index contributed by atoms with van der Waals surface area (Å²) in [6.07, 6.45) is 6.41. The van der Waals surface area contributed by atoms with Crippen molar-refractivity contribution in [2.75, 3.05) is 6.61 Å². The molecule has 25 heavy (non-hydrogen) atoms. The van der Waals surface area contributed by atoms with Crippen LogP contribution in [0.3, 0.4) is 0 Å². The van der Waals surface area contributed by atoms with E-state index < -0.39 is 11.7 Å². The number of esters is 1. The molecule has 3 aliphatic rings. The van der Waals surface area contributed by atoms with E-state index in [9.17, 15) is 15.0 Å². The van der Waals surface area contributed by atoms with Crippen molar-refractivity contribution in [3.05, 3.63) is 36.0 Å². The molecule has 5 nitrogen and oxygen atoms in total. The Hall–Kier alpha value is -1.43. The summed E-state index contributed by atoms with van der Waals surface area (Å²) in [6.45, 7) is 9.84. The number of hydrogen-bond donors (Lipinski definition) is 2. The normalized spacial score (nSPS) is 40.8. The summed E-state index contributed by atoms with van der Waals surface area (Å²) in [6, 6.07) is 0. The second-order valence-corrected chi connectivity index (χ2v) is 8.27. The van der Waals surface area contributed by atoms with Crippen LogP contribution < -0.4 is 0 Å². The van der Waals surface area contributed by atoms with Crippen molar-refractivity contribution >= 4 is 5.97 Å². The molecule has 0 amide bonds. The van der Waals surface area contributed by atoms with Crippen molar-refractivity contribution in [2.45, 2.75) is 63.4 Å². The van der Waals surface area contributed by atoms with Gasteiger partial charge in [0.1, 0.15) is 6.10 Å². The van der Waals surface area contributed by atoms with Gasteiger partial charge in [-0.2, -0.15) is 0 Å². The monoisotopic (exact) mass is 348 g/mol. The minimum Gasteiger partial charge on any atom is -0.462 e. The van der Waals surface area contributed by atoms with Crippen LogP contribution in [0.1, 0.15) is 40.0 Å². The highest BCUT2D eigenvalue weighted by molar-refractivity contribution is 5.90. The van der Waals surface area contributed by atoms with E-state index in [1.165, 1.54) is 0 Å². The number of carbonyl (C=O) groups is 1. The van der Waals surface area contributed by atoms with Crippen LogP contribution in [-0.4, -0.2) is 46.2 Å². The predicted molar refractivity (Wildman–Crippen MR) is 93.7 cm³/mol. The van der Waals surface area contributed by atoms with Crippen molar-refractivity contribution in [1.29, 1.82) is 0 Å². The van der Waals surface area contributed by atoms with Gasteiger partial charge in [-0.3, -0.25) is 0 Å². The lowest BCUT2D eigenvalue weighted by atomic mass is 9.76. The van der Waals surface area contributed by atoms with Gasteiger partial charge in [0, 0.05) is 17.4 Å². The maximum atomic E-state index is 12.3. The highest BCUT2D eigenvalue weighted by atomic mass is 16.6. The number of aliphatic hydroxyl groups excluding tert-OH is 1. The molecule has 0 aromatic heterocycles. The van der Waals surface area contributed by atoms with E-state index in [1.807, 2.05) is 6.92 Å². The SMILES string of the molecule is C=C1CC(O)C2OC2(C)CCC2/C(=C/C=C/C(C)(C)O)C(=O)OCC12. The molecule has 2 saturated heterocycles. The topological polar surface area (TPSA) is 79.3 Å². The average molecular weight is 348 g/mol. The minimum absolute atomic E-state index is 0.00724. The molecule has 0 spiro atoms. The molecule has 5 unspecified atom stereocenters. The molecule has 2 heterocycles. The molecule has 3 fully saturated rings. The number of allylic oxidation sites excluding steroid dienone is 2. The van der Waals surface area contributed by atoms with Gasteiger partial charge in [0.15, 0.2) is 0 Å². The van der Waals surface area contributed by atoms with Crippen molar-refractivity contribution in [1.82, 2.24) is 0 Å². The quantitative estimate of drug-likeness (QED) is 0.346. The second kappa shape index (κ2) is 6.38. The molecule has 2 aliphatic heterocycles. The fourth-order valence-electron chi connectivity index (χ4n) is 3.98. The summed E-state index contributed by atoms with van der Waals surface area (Å²) in [7, 11) is 0.